The van der Waals surface area contributed by atoms with Crippen LogP contribution < -0.4 is 0 Å². The first-order chi connectivity index (χ1) is 8.07. The minimum absolute atomic E-state index is 0.157. The molecule has 1 aliphatic heterocycles. The molecule has 1 heterocycles. The SMILES string of the molecule is C=C(C)C[C@]1(CC(=O)O)O[C@@H](C(C)(C)C)OC1=O. The molecule has 1 rings (SSSR count). The monoisotopic (exact) mass is 256 g/mol. The van der Waals surface area contributed by atoms with Gasteiger partial charge in [-0.2, -0.15) is 0 Å². The van der Waals surface area contributed by atoms with E-state index in [0.717, 1.165) is 0 Å². The Morgan fingerprint density at radius 2 is 2.00 bits per heavy atom. The van der Waals surface area contributed by atoms with Gasteiger partial charge in [-0.15, -0.1) is 6.58 Å². The summed E-state index contributed by atoms with van der Waals surface area (Å²) in [5, 5.41) is 8.94. The lowest BCUT2D eigenvalue weighted by Gasteiger charge is -2.27. The molecule has 0 saturated carbocycles. The van der Waals surface area contributed by atoms with Gasteiger partial charge in [0.1, 0.15) is 0 Å². The number of cyclic esters (lactones) is 1. The number of hydrogen-bond acceptors (Lipinski definition) is 4. The zero-order chi connectivity index (χ0) is 14.1. The Kier molecular flexibility index (Phi) is 3.86. The van der Waals surface area contributed by atoms with Crippen molar-refractivity contribution in [2.24, 2.45) is 5.41 Å². The molecule has 1 N–H and O–H groups in total. The third-order valence-corrected chi connectivity index (χ3v) is 2.65. The van der Waals surface area contributed by atoms with Crippen molar-refractivity contribution in [2.45, 2.75) is 52.4 Å². The average molecular weight is 256 g/mol. The van der Waals surface area contributed by atoms with E-state index in [1.807, 2.05) is 20.8 Å². The molecule has 0 aromatic carbocycles. The average Bonchev–Trinajstić information content (AvgIpc) is 2.40. The predicted molar refractivity (Wildman–Crippen MR) is 64.8 cm³/mol. The number of aliphatic carboxylic acids is 1. The largest absolute Gasteiger partial charge is 0.481 e. The van der Waals surface area contributed by atoms with Crippen molar-refractivity contribution in [3.05, 3.63) is 12.2 Å². The lowest BCUT2D eigenvalue weighted by atomic mass is 9.91. The summed E-state index contributed by atoms with van der Waals surface area (Å²) in [6.45, 7) is 11.0. The molecule has 0 unspecified atom stereocenters. The van der Waals surface area contributed by atoms with E-state index in [1.165, 1.54) is 0 Å². The van der Waals surface area contributed by atoms with E-state index < -0.39 is 35.7 Å². The molecule has 0 aliphatic carbocycles. The molecule has 0 spiro atoms. The third-order valence-electron chi connectivity index (χ3n) is 2.65. The van der Waals surface area contributed by atoms with Crippen LogP contribution in [0.15, 0.2) is 12.2 Å². The summed E-state index contributed by atoms with van der Waals surface area (Å²) < 4.78 is 10.8. The summed E-state index contributed by atoms with van der Waals surface area (Å²) in [4.78, 5) is 22.9. The van der Waals surface area contributed by atoms with Crippen LogP contribution in [0.5, 0.6) is 0 Å². The Morgan fingerprint density at radius 1 is 1.44 bits per heavy atom. The second-order valence-corrected chi connectivity index (χ2v) is 5.92. The van der Waals surface area contributed by atoms with Crippen molar-refractivity contribution in [2.75, 3.05) is 0 Å². The molecule has 0 bridgehead atoms. The van der Waals surface area contributed by atoms with E-state index in [0.29, 0.717) is 5.57 Å². The van der Waals surface area contributed by atoms with Gasteiger partial charge in [0.05, 0.1) is 6.42 Å². The maximum atomic E-state index is 12.0. The van der Waals surface area contributed by atoms with Gasteiger partial charge >= 0.3 is 11.9 Å². The summed E-state index contributed by atoms with van der Waals surface area (Å²) in [5.41, 5.74) is -1.15. The molecule has 1 fully saturated rings. The first kappa shape index (κ1) is 14.7. The van der Waals surface area contributed by atoms with Crippen molar-refractivity contribution < 1.29 is 24.2 Å². The summed E-state index contributed by atoms with van der Waals surface area (Å²) in [6.07, 6.45) is -0.987. The molecule has 102 valence electrons. The molecule has 1 aliphatic rings. The standard InChI is InChI=1S/C13H20O5/c1-8(2)6-13(7-9(14)15)10(16)17-11(18-13)12(3,4)5/h11H,1,6-7H2,2-5H3,(H,14,15)/t11-,13+/m0/s1. The Hall–Kier alpha value is -1.36. The highest BCUT2D eigenvalue weighted by Gasteiger charge is 2.54. The van der Waals surface area contributed by atoms with Crippen LogP contribution in [0.3, 0.4) is 0 Å². The van der Waals surface area contributed by atoms with E-state index in [1.54, 1.807) is 6.92 Å². The van der Waals surface area contributed by atoms with Crippen LogP contribution >= 0.6 is 0 Å². The van der Waals surface area contributed by atoms with Crippen LogP contribution in [0.1, 0.15) is 40.5 Å². The molecule has 0 aromatic heterocycles. The number of carboxylic acid groups (broad SMARTS) is 1. The predicted octanol–water partition coefficient (Wildman–Crippen LogP) is 2.11. The molecule has 0 amide bonds. The first-order valence-electron chi connectivity index (χ1n) is 5.82. The van der Waals surface area contributed by atoms with Crippen LogP contribution in [0.4, 0.5) is 0 Å². The van der Waals surface area contributed by atoms with Crippen LogP contribution in [-0.4, -0.2) is 28.9 Å². The van der Waals surface area contributed by atoms with Crippen LogP contribution in [0.25, 0.3) is 0 Å². The highest BCUT2D eigenvalue weighted by Crippen LogP contribution is 2.39. The Balaban J connectivity index is 3.01. The summed E-state index contributed by atoms with van der Waals surface area (Å²) in [5.74, 6) is -1.71. The number of carbonyl (C=O) groups is 2. The van der Waals surface area contributed by atoms with Crippen molar-refractivity contribution >= 4 is 11.9 Å². The number of ether oxygens (including phenoxy) is 2. The highest BCUT2D eigenvalue weighted by atomic mass is 16.8. The van der Waals surface area contributed by atoms with Crippen molar-refractivity contribution in [1.29, 1.82) is 0 Å². The van der Waals surface area contributed by atoms with Crippen LogP contribution in [0.2, 0.25) is 0 Å². The molecule has 2 atom stereocenters. The van der Waals surface area contributed by atoms with Gasteiger partial charge in [-0.3, -0.25) is 4.79 Å². The first-order valence-corrected chi connectivity index (χ1v) is 5.82. The van der Waals surface area contributed by atoms with E-state index >= 15 is 0 Å². The van der Waals surface area contributed by atoms with Crippen molar-refractivity contribution in [3.8, 4) is 0 Å². The summed E-state index contributed by atoms with van der Waals surface area (Å²) in [6, 6.07) is 0. The third kappa shape index (κ3) is 3.10. The minimum Gasteiger partial charge on any atom is -0.481 e. The van der Waals surface area contributed by atoms with Crippen molar-refractivity contribution in [3.63, 3.8) is 0 Å². The van der Waals surface area contributed by atoms with Gasteiger partial charge in [0.25, 0.3) is 0 Å². The fourth-order valence-corrected chi connectivity index (χ4v) is 1.86. The van der Waals surface area contributed by atoms with Gasteiger partial charge in [-0.1, -0.05) is 26.3 Å². The lowest BCUT2D eigenvalue weighted by Crippen LogP contribution is -2.40. The Bertz CT molecular complexity index is 361. The highest BCUT2D eigenvalue weighted by molar-refractivity contribution is 5.87. The molecule has 5 nitrogen and oxygen atoms in total. The van der Waals surface area contributed by atoms with Crippen molar-refractivity contribution in [1.82, 2.24) is 0 Å². The zero-order valence-electron chi connectivity index (χ0n) is 11.3. The molecule has 0 radical (unpaired) electrons. The topological polar surface area (TPSA) is 72.8 Å². The fraction of sp³-hybridized carbons (Fsp3) is 0.692. The number of carboxylic acids is 1. The molecule has 1 saturated heterocycles. The second-order valence-electron chi connectivity index (χ2n) is 5.92. The fourth-order valence-electron chi connectivity index (χ4n) is 1.86. The number of hydrogen-bond donors (Lipinski definition) is 1. The zero-order valence-corrected chi connectivity index (χ0v) is 11.3. The molecular formula is C13H20O5. The van der Waals surface area contributed by atoms with E-state index in [2.05, 4.69) is 6.58 Å². The minimum atomic E-state index is -1.43. The van der Waals surface area contributed by atoms with E-state index in [9.17, 15) is 9.59 Å². The Morgan fingerprint density at radius 3 is 2.33 bits per heavy atom. The van der Waals surface area contributed by atoms with Gasteiger partial charge in [0.15, 0.2) is 5.60 Å². The van der Waals surface area contributed by atoms with Gasteiger partial charge in [0, 0.05) is 11.8 Å². The maximum Gasteiger partial charge on any atom is 0.341 e. The van der Waals surface area contributed by atoms with Gasteiger partial charge < -0.3 is 14.6 Å². The maximum absolute atomic E-state index is 12.0. The number of esters is 1. The summed E-state index contributed by atoms with van der Waals surface area (Å²) in [7, 11) is 0. The molecule has 18 heavy (non-hydrogen) atoms. The van der Waals surface area contributed by atoms with E-state index in [4.69, 9.17) is 14.6 Å². The van der Waals surface area contributed by atoms with E-state index in [-0.39, 0.29) is 6.42 Å². The lowest BCUT2D eigenvalue weighted by molar-refractivity contribution is -0.160. The van der Waals surface area contributed by atoms with Gasteiger partial charge in [0.2, 0.25) is 6.29 Å². The number of carbonyl (C=O) groups excluding carboxylic acids is 1. The molecular weight excluding hydrogens is 236 g/mol. The molecule has 5 heteroatoms. The smallest absolute Gasteiger partial charge is 0.341 e. The quantitative estimate of drug-likeness (QED) is 0.616. The molecule has 0 aromatic rings. The Labute approximate surface area is 107 Å². The number of rotatable bonds is 4. The van der Waals surface area contributed by atoms with Gasteiger partial charge in [-0.05, 0) is 6.92 Å². The van der Waals surface area contributed by atoms with Crippen LogP contribution in [-0.2, 0) is 19.1 Å². The normalized spacial score (nSPS) is 28.0. The van der Waals surface area contributed by atoms with Crippen LogP contribution in [0, 0.1) is 5.41 Å². The second kappa shape index (κ2) is 4.72. The van der Waals surface area contributed by atoms with Gasteiger partial charge in [-0.25, -0.2) is 4.79 Å². The summed E-state index contributed by atoms with van der Waals surface area (Å²) >= 11 is 0.